The molecule has 0 amide bonds. The van der Waals surface area contributed by atoms with Crippen molar-refractivity contribution >= 4 is 10.0 Å². The zero-order valence-electron chi connectivity index (χ0n) is 16.0. The number of hydrogen-bond acceptors (Lipinski definition) is 4. The highest BCUT2D eigenvalue weighted by Crippen LogP contribution is 2.27. The average molecular weight is 378 g/mol. The Balaban J connectivity index is 2.10. The summed E-state index contributed by atoms with van der Waals surface area (Å²) in [7, 11) is -0.391. The van der Waals surface area contributed by atoms with Crippen molar-refractivity contribution in [1.82, 2.24) is 4.72 Å². The van der Waals surface area contributed by atoms with E-state index in [2.05, 4.69) is 4.72 Å². The normalized spacial score (nSPS) is 11.6. The number of benzene rings is 2. The first-order valence-electron chi connectivity index (χ1n) is 8.59. The van der Waals surface area contributed by atoms with E-state index < -0.39 is 10.0 Å². The minimum atomic E-state index is -3.55. The summed E-state index contributed by atoms with van der Waals surface area (Å²) >= 11 is 0. The van der Waals surface area contributed by atoms with E-state index in [-0.39, 0.29) is 5.92 Å². The van der Waals surface area contributed by atoms with E-state index in [1.807, 2.05) is 51.1 Å². The largest absolute Gasteiger partial charge is 0.493 e. The molecule has 0 bridgehead atoms. The fraction of sp³-hybridized carbons (Fsp3) is 0.400. The maximum Gasteiger partial charge on any atom is 0.240 e. The van der Waals surface area contributed by atoms with Gasteiger partial charge in [-0.05, 0) is 54.2 Å². The van der Waals surface area contributed by atoms with Gasteiger partial charge in [-0.3, -0.25) is 0 Å². The number of aryl methyl sites for hydroxylation is 1. The topological polar surface area (TPSA) is 64.6 Å². The molecule has 0 saturated heterocycles. The lowest BCUT2D eigenvalue weighted by Crippen LogP contribution is -2.26. The fourth-order valence-electron chi connectivity index (χ4n) is 2.71. The second-order valence-corrected chi connectivity index (χ2v) is 8.25. The molecule has 0 fully saturated rings. The zero-order chi connectivity index (χ0) is 19.3. The molecule has 0 aliphatic heterocycles. The summed E-state index contributed by atoms with van der Waals surface area (Å²) < 4.78 is 38.6. The molecule has 0 unspecified atom stereocenters. The van der Waals surface area contributed by atoms with Gasteiger partial charge in [0.1, 0.15) is 0 Å². The van der Waals surface area contributed by atoms with Gasteiger partial charge < -0.3 is 9.47 Å². The van der Waals surface area contributed by atoms with Gasteiger partial charge in [0.2, 0.25) is 10.0 Å². The Morgan fingerprint density at radius 1 is 1.00 bits per heavy atom. The van der Waals surface area contributed by atoms with Crippen LogP contribution in [-0.4, -0.2) is 29.2 Å². The lowest BCUT2D eigenvalue weighted by atomic mass is 10.0. The van der Waals surface area contributed by atoms with Crippen LogP contribution in [0, 0.1) is 6.92 Å². The van der Waals surface area contributed by atoms with Crippen molar-refractivity contribution in [2.75, 3.05) is 20.8 Å². The average Bonchev–Trinajstić information content (AvgIpc) is 2.61. The number of nitrogens with one attached hydrogen (secondary N) is 1. The van der Waals surface area contributed by atoms with Crippen LogP contribution < -0.4 is 14.2 Å². The number of rotatable bonds is 8. The highest BCUT2D eigenvalue weighted by Gasteiger charge is 2.17. The van der Waals surface area contributed by atoms with Crippen LogP contribution in [0.3, 0.4) is 0 Å². The Kier molecular flexibility index (Phi) is 6.67. The van der Waals surface area contributed by atoms with Gasteiger partial charge in [0, 0.05) is 6.54 Å². The van der Waals surface area contributed by atoms with E-state index in [0.29, 0.717) is 29.4 Å². The highest BCUT2D eigenvalue weighted by atomic mass is 32.2. The number of hydrogen-bond donors (Lipinski definition) is 1. The molecule has 0 aliphatic carbocycles. The quantitative estimate of drug-likeness (QED) is 0.762. The van der Waals surface area contributed by atoms with Gasteiger partial charge in [-0.15, -0.1) is 0 Å². The summed E-state index contributed by atoms with van der Waals surface area (Å²) in [6.45, 7) is 6.22. The van der Waals surface area contributed by atoms with Gasteiger partial charge >= 0.3 is 0 Å². The minimum absolute atomic E-state index is 0.274. The summed E-state index contributed by atoms with van der Waals surface area (Å²) in [6, 6.07) is 11.2. The standard InChI is InChI=1S/C20H27NO4S/c1-14(2)17-8-6-15(3)20(13-17)26(22,23)21-11-10-16-7-9-18(24-4)19(12-16)25-5/h6-9,12-14,21H,10-11H2,1-5H3. The van der Waals surface area contributed by atoms with Crippen LogP contribution in [0.4, 0.5) is 0 Å². The number of sulfonamides is 1. The molecule has 26 heavy (non-hydrogen) atoms. The molecule has 6 heteroatoms. The summed E-state index contributed by atoms with van der Waals surface area (Å²) in [5, 5.41) is 0. The molecule has 2 aromatic carbocycles. The molecule has 0 aliphatic rings. The number of methoxy groups -OCH3 is 2. The Morgan fingerprint density at radius 2 is 1.69 bits per heavy atom. The molecule has 0 aromatic heterocycles. The van der Waals surface area contributed by atoms with Gasteiger partial charge in [0.25, 0.3) is 0 Å². The highest BCUT2D eigenvalue weighted by molar-refractivity contribution is 7.89. The second-order valence-electron chi connectivity index (χ2n) is 6.52. The van der Waals surface area contributed by atoms with E-state index in [9.17, 15) is 8.42 Å². The predicted octanol–water partition coefficient (Wildman–Crippen LogP) is 3.66. The van der Waals surface area contributed by atoms with Gasteiger partial charge in [0.15, 0.2) is 11.5 Å². The molecule has 1 N–H and O–H groups in total. The first-order valence-corrected chi connectivity index (χ1v) is 10.1. The molecular formula is C20H27NO4S. The molecule has 0 heterocycles. The fourth-order valence-corrected chi connectivity index (χ4v) is 4.02. The van der Waals surface area contributed by atoms with Crippen molar-refractivity contribution in [3.05, 3.63) is 53.1 Å². The first-order chi connectivity index (χ1) is 12.3. The number of ether oxygens (including phenoxy) is 2. The van der Waals surface area contributed by atoms with Crippen molar-refractivity contribution in [3.63, 3.8) is 0 Å². The second kappa shape index (κ2) is 8.56. The molecule has 0 spiro atoms. The summed E-state index contributed by atoms with van der Waals surface area (Å²) in [5.41, 5.74) is 2.72. The maximum absolute atomic E-state index is 12.7. The Labute approximate surface area is 156 Å². The molecule has 0 atom stereocenters. The zero-order valence-corrected chi connectivity index (χ0v) is 16.8. The van der Waals surface area contributed by atoms with Gasteiger partial charge in [-0.2, -0.15) is 0 Å². The Morgan fingerprint density at radius 3 is 2.31 bits per heavy atom. The van der Waals surface area contributed by atoms with Crippen LogP contribution in [0.5, 0.6) is 11.5 Å². The van der Waals surface area contributed by atoms with Crippen LogP contribution in [-0.2, 0) is 16.4 Å². The van der Waals surface area contributed by atoms with E-state index in [0.717, 1.165) is 16.7 Å². The molecular weight excluding hydrogens is 350 g/mol. The third kappa shape index (κ3) is 4.77. The van der Waals surface area contributed by atoms with Gasteiger partial charge in [-0.1, -0.05) is 32.0 Å². The Hall–Kier alpha value is -2.05. The molecule has 0 radical (unpaired) electrons. The van der Waals surface area contributed by atoms with Crippen LogP contribution in [0.25, 0.3) is 0 Å². The van der Waals surface area contributed by atoms with Gasteiger partial charge in [0.05, 0.1) is 19.1 Å². The Bertz CT molecular complexity index is 860. The smallest absolute Gasteiger partial charge is 0.240 e. The van der Waals surface area contributed by atoms with Crippen LogP contribution in [0.15, 0.2) is 41.3 Å². The van der Waals surface area contributed by atoms with Crippen molar-refractivity contribution < 1.29 is 17.9 Å². The SMILES string of the molecule is COc1ccc(CCNS(=O)(=O)c2cc(C(C)C)ccc2C)cc1OC. The lowest BCUT2D eigenvalue weighted by molar-refractivity contribution is 0.354. The molecule has 2 aromatic rings. The van der Waals surface area contributed by atoms with Gasteiger partial charge in [-0.25, -0.2) is 13.1 Å². The lowest BCUT2D eigenvalue weighted by Gasteiger charge is -2.13. The van der Waals surface area contributed by atoms with Crippen molar-refractivity contribution in [2.45, 2.75) is 38.0 Å². The maximum atomic E-state index is 12.7. The molecule has 142 valence electrons. The summed E-state index contributed by atoms with van der Waals surface area (Å²) in [6.07, 6.45) is 0.558. The third-order valence-corrected chi connectivity index (χ3v) is 5.93. The van der Waals surface area contributed by atoms with Crippen LogP contribution in [0.1, 0.15) is 36.5 Å². The minimum Gasteiger partial charge on any atom is -0.493 e. The van der Waals surface area contributed by atoms with Crippen molar-refractivity contribution in [2.24, 2.45) is 0 Å². The van der Waals surface area contributed by atoms with Crippen molar-refractivity contribution in [1.29, 1.82) is 0 Å². The molecule has 2 rings (SSSR count). The summed E-state index contributed by atoms with van der Waals surface area (Å²) in [5.74, 6) is 1.56. The monoisotopic (exact) mass is 377 g/mol. The van der Waals surface area contributed by atoms with E-state index in [1.54, 1.807) is 20.3 Å². The van der Waals surface area contributed by atoms with Crippen molar-refractivity contribution in [3.8, 4) is 11.5 Å². The van der Waals surface area contributed by atoms with E-state index >= 15 is 0 Å². The predicted molar refractivity (Wildman–Crippen MR) is 104 cm³/mol. The first kappa shape index (κ1) is 20.3. The molecule has 5 nitrogen and oxygen atoms in total. The molecule has 0 saturated carbocycles. The third-order valence-electron chi connectivity index (χ3n) is 4.32. The van der Waals surface area contributed by atoms with E-state index in [4.69, 9.17) is 9.47 Å². The summed E-state index contributed by atoms with van der Waals surface area (Å²) in [4.78, 5) is 0.344. The van der Waals surface area contributed by atoms with Crippen LogP contribution >= 0.6 is 0 Å². The van der Waals surface area contributed by atoms with E-state index in [1.165, 1.54) is 0 Å². The van der Waals surface area contributed by atoms with Crippen LogP contribution in [0.2, 0.25) is 0 Å².